The molecule has 1 heteroatoms. The van der Waals surface area contributed by atoms with Crippen LogP contribution >= 0.6 is 0 Å². The second-order valence-corrected chi connectivity index (χ2v) is 1.28. The van der Waals surface area contributed by atoms with Gasteiger partial charge in [0.25, 0.3) is 0 Å². The number of hydrogen-bond donors (Lipinski definition) is 1. The van der Waals surface area contributed by atoms with E-state index in [4.69, 9.17) is 0 Å². The summed E-state index contributed by atoms with van der Waals surface area (Å²) in [5, 5.41) is 0. The van der Waals surface area contributed by atoms with Gasteiger partial charge in [-0.05, 0) is 6.58 Å². The fourth-order valence-electron chi connectivity index (χ4n) is 0. The first-order valence-corrected chi connectivity index (χ1v) is 1.70. The molecule has 0 fully saturated rings. The maximum Gasteiger partial charge on any atom is 0.0865 e. The smallest absolute Gasteiger partial charge is 0.0865 e. The van der Waals surface area contributed by atoms with Crippen molar-refractivity contribution in [2.75, 3.05) is 14.1 Å². The molecule has 0 aliphatic rings. The molecule has 0 aliphatic carbocycles. The molecule has 5 heavy (non-hydrogen) atoms. The van der Waals surface area contributed by atoms with E-state index in [1.165, 1.54) is 4.90 Å². The van der Waals surface area contributed by atoms with Gasteiger partial charge in [-0.2, -0.15) is 0 Å². The van der Waals surface area contributed by atoms with E-state index in [1.54, 1.807) is 0 Å². The highest BCUT2D eigenvalue weighted by Gasteiger charge is 1.69. The molecule has 0 heterocycles. The largest absolute Gasteiger partial charge is 0.314 e. The monoisotopic (exact) mass is 72.1 g/mol. The Bertz CT molecular complexity index is 30.6. The molecule has 0 aliphatic heterocycles. The zero-order valence-electron chi connectivity index (χ0n) is 3.78. The first kappa shape index (κ1) is 4.70. The molecule has 0 unspecified atom stereocenters. The highest BCUT2D eigenvalue weighted by atomic mass is 15.0. The quantitative estimate of drug-likeness (QED) is 0.417. The number of rotatable bonds is 1. The van der Waals surface area contributed by atoms with Gasteiger partial charge in [0, 0.05) is 0 Å². The molecule has 0 saturated heterocycles. The molecule has 30 valence electrons. The first-order chi connectivity index (χ1) is 2.27. The Labute approximate surface area is 32.9 Å². The Balaban J connectivity index is 2.83. The van der Waals surface area contributed by atoms with E-state index >= 15 is 0 Å². The highest BCUT2D eigenvalue weighted by molar-refractivity contribution is 4.40. The topological polar surface area (TPSA) is 4.44 Å². The molecule has 0 atom stereocenters. The van der Waals surface area contributed by atoms with Gasteiger partial charge in [0.1, 0.15) is 0 Å². The third-order valence-corrected chi connectivity index (χ3v) is 0.408. The van der Waals surface area contributed by atoms with E-state index in [9.17, 15) is 0 Å². The average molecular weight is 72.1 g/mol. The molecule has 0 spiro atoms. The third-order valence-electron chi connectivity index (χ3n) is 0.408. The minimum absolute atomic E-state index is 1.27. The molecular formula is C4H10N+. The second kappa shape index (κ2) is 1.97. The van der Waals surface area contributed by atoms with E-state index in [1.807, 2.05) is 20.3 Å². The summed E-state index contributed by atoms with van der Waals surface area (Å²) in [4.78, 5) is 1.27. The van der Waals surface area contributed by atoms with Gasteiger partial charge < -0.3 is 4.90 Å². The van der Waals surface area contributed by atoms with Crippen molar-refractivity contribution < 1.29 is 4.90 Å². The zero-order chi connectivity index (χ0) is 4.28. The summed E-state index contributed by atoms with van der Waals surface area (Å²) < 4.78 is 0. The normalized spacial score (nSPS) is 8.60. The van der Waals surface area contributed by atoms with Crippen LogP contribution in [-0.4, -0.2) is 14.1 Å². The van der Waals surface area contributed by atoms with E-state index in [2.05, 4.69) is 6.58 Å². The number of quaternary nitrogens is 1. The molecule has 1 nitrogen and oxygen atoms in total. The van der Waals surface area contributed by atoms with Gasteiger partial charge in [0.2, 0.25) is 0 Å². The minimum atomic E-state index is 1.27. The lowest BCUT2D eigenvalue weighted by Crippen LogP contribution is -3.00. The molecule has 0 radical (unpaired) electrons. The predicted molar refractivity (Wildman–Crippen MR) is 23.0 cm³/mol. The van der Waals surface area contributed by atoms with Crippen LogP contribution in [0.4, 0.5) is 0 Å². The van der Waals surface area contributed by atoms with Crippen molar-refractivity contribution in [3.63, 3.8) is 0 Å². The molecular weight excluding hydrogens is 62.1 g/mol. The molecule has 0 bridgehead atoms. The van der Waals surface area contributed by atoms with E-state index in [0.29, 0.717) is 0 Å². The van der Waals surface area contributed by atoms with Gasteiger partial charge in [0.05, 0.1) is 20.3 Å². The van der Waals surface area contributed by atoms with Gasteiger partial charge >= 0.3 is 0 Å². The lowest BCUT2D eigenvalue weighted by atomic mass is 10.9. The predicted octanol–water partition coefficient (Wildman–Crippen LogP) is -0.726. The maximum atomic E-state index is 3.52. The standard InChI is InChI=1S/C4H9N/c1-4-5(2)3/h4H,1H2,2-3H3/p+1. The summed E-state index contributed by atoms with van der Waals surface area (Å²) >= 11 is 0. The lowest BCUT2D eigenvalue weighted by molar-refractivity contribution is -0.801. The maximum absolute atomic E-state index is 3.52. The fraction of sp³-hybridized carbons (Fsp3) is 0.500. The summed E-state index contributed by atoms with van der Waals surface area (Å²) in [6.07, 6.45) is 1.83. The van der Waals surface area contributed by atoms with Crippen molar-refractivity contribution in [2.45, 2.75) is 0 Å². The van der Waals surface area contributed by atoms with Crippen LogP contribution in [0.3, 0.4) is 0 Å². The van der Waals surface area contributed by atoms with Crippen molar-refractivity contribution in [1.29, 1.82) is 0 Å². The van der Waals surface area contributed by atoms with Crippen LogP contribution in [0.2, 0.25) is 0 Å². The Morgan fingerprint density at radius 1 is 1.60 bits per heavy atom. The minimum Gasteiger partial charge on any atom is -0.314 e. The summed E-state index contributed by atoms with van der Waals surface area (Å²) in [5.41, 5.74) is 0. The molecule has 0 amide bonds. The molecule has 1 N–H and O–H groups in total. The lowest BCUT2D eigenvalue weighted by Gasteiger charge is -1.91. The van der Waals surface area contributed by atoms with Crippen molar-refractivity contribution >= 4 is 0 Å². The second-order valence-electron chi connectivity index (χ2n) is 1.28. The van der Waals surface area contributed by atoms with Crippen molar-refractivity contribution in [3.05, 3.63) is 12.8 Å². The van der Waals surface area contributed by atoms with Crippen LogP contribution in [0, 0.1) is 0 Å². The van der Waals surface area contributed by atoms with Crippen LogP contribution < -0.4 is 4.90 Å². The van der Waals surface area contributed by atoms with Crippen LogP contribution in [0.1, 0.15) is 0 Å². The number of nitrogens with one attached hydrogen (secondary N) is 1. The Kier molecular flexibility index (Phi) is 1.85. The summed E-state index contributed by atoms with van der Waals surface area (Å²) in [5.74, 6) is 0. The van der Waals surface area contributed by atoms with Crippen molar-refractivity contribution in [3.8, 4) is 0 Å². The molecule has 0 aromatic heterocycles. The van der Waals surface area contributed by atoms with Crippen LogP contribution in [-0.2, 0) is 0 Å². The zero-order valence-corrected chi connectivity index (χ0v) is 3.78. The Morgan fingerprint density at radius 2 is 1.80 bits per heavy atom. The first-order valence-electron chi connectivity index (χ1n) is 1.70. The molecule has 0 aromatic carbocycles. The van der Waals surface area contributed by atoms with Gasteiger partial charge in [-0.3, -0.25) is 0 Å². The summed E-state index contributed by atoms with van der Waals surface area (Å²) in [6.45, 7) is 3.52. The Hall–Kier alpha value is -0.300. The third kappa shape index (κ3) is 3.70. The molecule has 0 rings (SSSR count). The average Bonchev–Trinajstić information content (AvgIpc) is 1.38. The van der Waals surface area contributed by atoms with Gasteiger partial charge in [0.15, 0.2) is 0 Å². The summed E-state index contributed by atoms with van der Waals surface area (Å²) in [7, 11) is 4.04. The SMILES string of the molecule is C=C[NH+](C)C. The van der Waals surface area contributed by atoms with Crippen LogP contribution in [0.25, 0.3) is 0 Å². The van der Waals surface area contributed by atoms with E-state index < -0.39 is 0 Å². The van der Waals surface area contributed by atoms with Crippen LogP contribution in [0.5, 0.6) is 0 Å². The molecule has 0 aromatic rings. The van der Waals surface area contributed by atoms with Crippen molar-refractivity contribution in [2.24, 2.45) is 0 Å². The summed E-state index contributed by atoms with van der Waals surface area (Å²) in [6, 6.07) is 0. The molecule has 0 saturated carbocycles. The van der Waals surface area contributed by atoms with Crippen LogP contribution in [0.15, 0.2) is 12.8 Å². The van der Waals surface area contributed by atoms with Gasteiger partial charge in [-0.15, -0.1) is 0 Å². The van der Waals surface area contributed by atoms with Gasteiger partial charge in [-0.25, -0.2) is 0 Å². The fourth-order valence-corrected chi connectivity index (χ4v) is 0. The Morgan fingerprint density at radius 3 is 1.80 bits per heavy atom. The van der Waals surface area contributed by atoms with E-state index in [0.717, 1.165) is 0 Å². The van der Waals surface area contributed by atoms with Gasteiger partial charge in [-0.1, -0.05) is 0 Å². The van der Waals surface area contributed by atoms with Crippen molar-refractivity contribution in [1.82, 2.24) is 0 Å². The van der Waals surface area contributed by atoms with E-state index in [-0.39, 0.29) is 0 Å². The number of hydrogen-bond acceptors (Lipinski definition) is 0. The highest BCUT2D eigenvalue weighted by Crippen LogP contribution is 1.21.